The molecular weight excluding hydrogens is 318 g/mol. The summed E-state index contributed by atoms with van der Waals surface area (Å²) in [6, 6.07) is 5.97. The summed E-state index contributed by atoms with van der Waals surface area (Å²) in [6.07, 6.45) is 2.96. The molecule has 0 bridgehead atoms. The number of amides is 1. The Balaban J connectivity index is 1.25. The molecule has 1 aliphatic heterocycles. The molecule has 1 saturated heterocycles. The average Bonchev–Trinajstić information content (AvgIpc) is 2.96. The molecule has 2 aromatic heterocycles. The van der Waals surface area contributed by atoms with E-state index in [0.29, 0.717) is 17.5 Å². The van der Waals surface area contributed by atoms with Crippen molar-refractivity contribution >= 4 is 11.7 Å². The molecule has 4 rings (SSSR count). The van der Waals surface area contributed by atoms with Gasteiger partial charge in [0.25, 0.3) is 0 Å². The lowest BCUT2D eigenvalue weighted by Crippen LogP contribution is -2.37. The third-order valence-corrected chi connectivity index (χ3v) is 5.37. The number of aromatic nitrogens is 1. The maximum absolute atomic E-state index is 12.3. The number of nitrogens with zero attached hydrogens (tertiary/aromatic N) is 2. The third kappa shape index (κ3) is 3.79. The van der Waals surface area contributed by atoms with E-state index in [4.69, 9.17) is 8.94 Å². The molecule has 0 unspecified atom stereocenters. The second-order valence-corrected chi connectivity index (χ2v) is 7.49. The van der Waals surface area contributed by atoms with Crippen LogP contribution in [0.15, 0.2) is 27.1 Å². The van der Waals surface area contributed by atoms with Gasteiger partial charge in [0.1, 0.15) is 17.3 Å². The van der Waals surface area contributed by atoms with E-state index in [9.17, 15) is 4.79 Å². The predicted octanol–water partition coefficient (Wildman–Crippen LogP) is 3.55. The lowest BCUT2D eigenvalue weighted by atomic mass is 9.96. The Morgan fingerprint density at radius 3 is 2.76 bits per heavy atom. The number of aryl methyl sites for hydroxylation is 1. The topological polar surface area (TPSA) is 71.5 Å². The molecule has 1 amide bonds. The molecule has 6 nitrogen and oxygen atoms in total. The van der Waals surface area contributed by atoms with Crippen molar-refractivity contribution in [3.05, 3.63) is 35.5 Å². The van der Waals surface area contributed by atoms with Crippen molar-refractivity contribution in [3.8, 4) is 0 Å². The number of hydrogen-bond donors (Lipinski definition) is 1. The largest absolute Gasteiger partial charge is 0.464 e. The molecule has 2 aliphatic rings. The molecule has 0 spiro atoms. The Labute approximate surface area is 147 Å². The standard InChI is InChI=1S/C19H25N3O3/c1-12-9-16(12)17-4-3-15(24-17)11-22-7-5-14(6-8-22)19(23)20-18-10-13(2)25-21-18/h3-4,10,12,14,16H,5-9,11H2,1-2H3,(H,20,21,23)/t12-,16+/m1/s1. The molecule has 6 heteroatoms. The van der Waals surface area contributed by atoms with Crippen molar-refractivity contribution in [2.45, 2.75) is 45.6 Å². The van der Waals surface area contributed by atoms with Gasteiger partial charge in [-0.25, -0.2) is 0 Å². The van der Waals surface area contributed by atoms with Gasteiger partial charge in [0.05, 0.1) is 6.54 Å². The Morgan fingerprint density at radius 2 is 2.12 bits per heavy atom. The summed E-state index contributed by atoms with van der Waals surface area (Å²) in [6.45, 7) is 6.73. The second kappa shape index (κ2) is 6.67. The van der Waals surface area contributed by atoms with Gasteiger partial charge in [0.15, 0.2) is 5.82 Å². The highest BCUT2D eigenvalue weighted by Crippen LogP contribution is 2.47. The van der Waals surface area contributed by atoms with Gasteiger partial charge in [-0.2, -0.15) is 0 Å². The van der Waals surface area contributed by atoms with Gasteiger partial charge in [-0.1, -0.05) is 12.1 Å². The number of likely N-dealkylation sites (tertiary alicyclic amines) is 1. The fraction of sp³-hybridized carbons (Fsp3) is 0.579. The molecule has 1 aliphatic carbocycles. The Hall–Kier alpha value is -2.08. The van der Waals surface area contributed by atoms with Crippen molar-refractivity contribution < 1.29 is 13.7 Å². The molecular formula is C19H25N3O3. The van der Waals surface area contributed by atoms with E-state index >= 15 is 0 Å². The lowest BCUT2D eigenvalue weighted by Gasteiger charge is -2.30. The zero-order valence-electron chi connectivity index (χ0n) is 14.8. The van der Waals surface area contributed by atoms with Gasteiger partial charge in [-0.15, -0.1) is 0 Å². The van der Waals surface area contributed by atoms with Crippen molar-refractivity contribution in [2.24, 2.45) is 11.8 Å². The van der Waals surface area contributed by atoms with E-state index in [1.165, 1.54) is 6.42 Å². The predicted molar refractivity (Wildman–Crippen MR) is 93.1 cm³/mol. The number of hydrogen-bond acceptors (Lipinski definition) is 5. The van der Waals surface area contributed by atoms with Crippen LogP contribution in [0.1, 0.15) is 49.4 Å². The zero-order chi connectivity index (χ0) is 17.4. The molecule has 3 heterocycles. The first-order chi connectivity index (χ1) is 12.1. The first-order valence-electron chi connectivity index (χ1n) is 9.13. The number of piperidine rings is 1. The summed E-state index contributed by atoms with van der Waals surface area (Å²) in [5, 5.41) is 6.66. The van der Waals surface area contributed by atoms with Crippen LogP contribution < -0.4 is 5.32 Å². The van der Waals surface area contributed by atoms with Crippen molar-refractivity contribution in [1.29, 1.82) is 0 Å². The average molecular weight is 343 g/mol. The summed E-state index contributed by atoms with van der Waals surface area (Å²) >= 11 is 0. The van der Waals surface area contributed by atoms with Crippen LogP contribution in [0.5, 0.6) is 0 Å². The maximum atomic E-state index is 12.3. The van der Waals surface area contributed by atoms with Gasteiger partial charge < -0.3 is 14.3 Å². The molecule has 1 N–H and O–H groups in total. The monoisotopic (exact) mass is 343 g/mol. The number of nitrogens with one attached hydrogen (secondary N) is 1. The summed E-state index contributed by atoms with van der Waals surface area (Å²) < 4.78 is 11.0. The van der Waals surface area contributed by atoms with Crippen molar-refractivity contribution in [2.75, 3.05) is 18.4 Å². The van der Waals surface area contributed by atoms with Crippen LogP contribution in [0.25, 0.3) is 0 Å². The fourth-order valence-corrected chi connectivity index (χ4v) is 3.62. The van der Waals surface area contributed by atoms with Crippen LogP contribution in [0, 0.1) is 18.8 Å². The molecule has 0 radical (unpaired) electrons. The number of anilines is 1. The van der Waals surface area contributed by atoms with Crippen LogP contribution in [0.3, 0.4) is 0 Å². The summed E-state index contributed by atoms with van der Waals surface area (Å²) in [7, 11) is 0. The second-order valence-electron chi connectivity index (χ2n) is 7.49. The first-order valence-corrected chi connectivity index (χ1v) is 9.13. The van der Waals surface area contributed by atoms with Crippen molar-refractivity contribution in [1.82, 2.24) is 10.1 Å². The highest BCUT2D eigenvalue weighted by Gasteiger charge is 2.36. The minimum absolute atomic E-state index is 0.0349. The van der Waals surface area contributed by atoms with Gasteiger partial charge in [-0.3, -0.25) is 9.69 Å². The normalized spacial score (nSPS) is 24.4. The molecule has 0 aromatic carbocycles. The van der Waals surface area contributed by atoms with Crippen LogP contribution in [0.4, 0.5) is 5.82 Å². The number of furan rings is 1. The van der Waals surface area contributed by atoms with Gasteiger partial charge in [0, 0.05) is 17.9 Å². The smallest absolute Gasteiger partial charge is 0.228 e. The molecule has 25 heavy (non-hydrogen) atoms. The fourth-order valence-electron chi connectivity index (χ4n) is 3.62. The molecule has 2 fully saturated rings. The van der Waals surface area contributed by atoms with E-state index in [-0.39, 0.29) is 11.8 Å². The van der Waals surface area contributed by atoms with E-state index in [2.05, 4.69) is 34.4 Å². The van der Waals surface area contributed by atoms with E-state index in [1.807, 2.05) is 6.92 Å². The number of carbonyl (C=O) groups excluding carboxylic acids is 1. The SMILES string of the molecule is Cc1cc(NC(=O)C2CCN(Cc3ccc([C@H]4C[C@H]4C)o3)CC2)no1. The molecule has 134 valence electrons. The lowest BCUT2D eigenvalue weighted by molar-refractivity contribution is -0.121. The minimum Gasteiger partial charge on any atom is -0.464 e. The van der Waals surface area contributed by atoms with E-state index < -0.39 is 0 Å². The minimum atomic E-state index is 0.0349. The number of carbonyl (C=O) groups is 1. The summed E-state index contributed by atoms with van der Waals surface area (Å²) in [4.78, 5) is 14.7. The first kappa shape index (κ1) is 16.4. The zero-order valence-corrected chi connectivity index (χ0v) is 14.8. The Morgan fingerprint density at radius 1 is 1.36 bits per heavy atom. The molecule has 2 aromatic rings. The Kier molecular flexibility index (Phi) is 4.37. The van der Waals surface area contributed by atoms with E-state index in [1.54, 1.807) is 6.07 Å². The van der Waals surface area contributed by atoms with Crippen LogP contribution >= 0.6 is 0 Å². The molecule has 1 saturated carbocycles. The van der Waals surface area contributed by atoms with Crippen molar-refractivity contribution in [3.63, 3.8) is 0 Å². The Bertz CT molecular complexity index is 743. The van der Waals surface area contributed by atoms with Gasteiger partial charge in [-0.05, 0) is 57.3 Å². The van der Waals surface area contributed by atoms with Crippen LogP contribution in [-0.2, 0) is 11.3 Å². The molecule has 2 atom stereocenters. The summed E-state index contributed by atoms with van der Waals surface area (Å²) in [5.41, 5.74) is 0. The van der Waals surface area contributed by atoms with E-state index in [0.717, 1.165) is 49.9 Å². The van der Waals surface area contributed by atoms with Gasteiger partial charge in [0.2, 0.25) is 5.91 Å². The maximum Gasteiger partial charge on any atom is 0.228 e. The summed E-state index contributed by atoms with van der Waals surface area (Å²) in [5.74, 6) is 4.84. The third-order valence-electron chi connectivity index (χ3n) is 5.37. The number of rotatable bonds is 5. The van der Waals surface area contributed by atoms with Crippen LogP contribution in [-0.4, -0.2) is 29.1 Å². The highest BCUT2D eigenvalue weighted by molar-refractivity contribution is 5.91. The highest BCUT2D eigenvalue weighted by atomic mass is 16.5. The quantitative estimate of drug-likeness (QED) is 0.899. The van der Waals surface area contributed by atoms with Gasteiger partial charge >= 0.3 is 0 Å². The van der Waals surface area contributed by atoms with Crippen LogP contribution in [0.2, 0.25) is 0 Å².